The lowest BCUT2D eigenvalue weighted by Crippen LogP contribution is -2.37. The van der Waals surface area contributed by atoms with Crippen LogP contribution in [-0.2, 0) is 0 Å². The maximum absolute atomic E-state index is 12.6. The lowest BCUT2D eigenvalue weighted by Gasteiger charge is -2.31. The fraction of sp³-hybridized carbons (Fsp3) is 0.688. The topological polar surface area (TPSA) is 58.6 Å². The summed E-state index contributed by atoms with van der Waals surface area (Å²) in [5.74, 6) is 1.22. The second-order valence-electron chi connectivity index (χ2n) is 6.19. The third kappa shape index (κ3) is 3.55. The summed E-state index contributed by atoms with van der Waals surface area (Å²) >= 11 is 0. The van der Waals surface area contributed by atoms with Gasteiger partial charge in [-0.1, -0.05) is 6.42 Å². The summed E-state index contributed by atoms with van der Waals surface area (Å²) < 4.78 is 5.04. The molecular formula is C16H24N4O2. The van der Waals surface area contributed by atoms with E-state index < -0.39 is 0 Å². The minimum Gasteiger partial charge on any atom is -0.480 e. The molecule has 22 heavy (non-hydrogen) atoms. The van der Waals surface area contributed by atoms with Crippen molar-refractivity contribution in [3.63, 3.8) is 0 Å². The van der Waals surface area contributed by atoms with E-state index in [-0.39, 0.29) is 5.91 Å². The van der Waals surface area contributed by atoms with Crippen LogP contribution < -0.4 is 4.74 Å². The third-order valence-corrected chi connectivity index (χ3v) is 4.66. The summed E-state index contributed by atoms with van der Waals surface area (Å²) in [6, 6.07) is 0. The van der Waals surface area contributed by atoms with Gasteiger partial charge in [-0.05, 0) is 31.7 Å². The highest BCUT2D eigenvalue weighted by molar-refractivity contribution is 5.92. The van der Waals surface area contributed by atoms with Crippen LogP contribution in [0.5, 0.6) is 5.88 Å². The molecule has 0 atom stereocenters. The SMILES string of the molecule is COc1cncc(C(=O)N2CCCN(CC3CCC3)CC2)n1. The van der Waals surface area contributed by atoms with Crippen LogP contribution in [0.2, 0.25) is 0 Å². The molecule has 1 aliphatic heterocycles. The Morgan fingerprint density at radius 3 is 2.82 bits per heavy atom. The predicted octanol–water partition coefficient (Wildman–Crippen LogP) is 1.43. The second-order valence-corrected chi connectivity index (χ2v) is 6.19. The molecular weight excluding hydrogens is 280 g/mol. The highest BCUT2D eigenvalue weighted by Gasteiger charge is 2.25. The van der Waals surface area contributed by atoms with Crippen molar-refractivity contribution in [1.82, 2.24) is 19.8 Å². The summed E-state index contributed by atoms with van der Waals surface area (Å²) in [5, 5.41) is 0. The Morgan fingerprint density at radius 2 is 2.09 bits per heavy atom. The maximum Gasteiger partial charge on any atom is 0.274 e. The van der Waals surface area contributed by atoms with Crippen molar-refractivity contribution in [2.75, 3.05) is 39.8 Å². The normalized spacial score (nSPS) is 20.3. The van der Waals surface area contributed by atoms with Crippen molar-refractivity contribution in [3.05, 3.63) is 18.1 Å². The fourth-order valence-electron chi connectivity index (χ4n) is 3.11. The van der Waals surface area contributed by atoms with Crippen LogP contribution in [0.15, 0.2) is 12.4 Å². The first-order valence-corrected chi connectivity index (χ1v) is 8.14. The molecule has 6 heteroatoms. The quantitative estimate of drug-likeness (QED) is 0.842. The van der Waals surface area contributed by atoms with Crippen molar-refractivity contribution < 1.29 is 9.53 Å². The first-order chi connectivity index (χ1) is 10.8. The summed E-state index contributed by atoms with van der Waals surface area (Å²) in [7, 11) is 1.53. The molecule has 2 fully saturated rings. The molecule has 1 aliphatic carbocycles. The van der Waals surface area contributed by atoms with E-state index in [1.54, 1.807) is 0 Å². The van der Waals surface area contributed by atoms with E-state index in [0.29, 0.717) is 11.6 Å². The summed E-state index contributed by atoms with van der Waals surface area (Å²) in [6.45, 7) is 4.80. The van der Waals surface area contributed by atoms with Crippen molar-refractivity contribution in [2.24, 2.45) is 5.92 Å². The van der Waals surface area contributed by atoms with Crippen LogP contribution in [-0.4, -0.2) is 65.5 Å². The van der Waals surface area contributed by atoms with E-state index in [1.807, 2.05) is 4.90 Å². The van der Waals surface area contributed by atoms with Gasteiger partial charge in [0.15, 0.2) is 5.69 Å². The number of rotatable bonds is 4. The predicted molar refractivity (Wildman–Crippen MR) is 82.9 cm³/mol. The largest absolute Gasteiger partial charge is 0.480 e. The number of hydrogen-bond donors (Lipinski definition) is 0. The van der Waals surface area contributed by atoms with Gasteiger partial charge in [0.2, 0.25) is 5.88 Å². The summed E-state index contributed by atoms with van der Waals surface area (Å²) in [6.07, 6.45) is 8.19. The van der Waals surface area contributed by atoms with Gasteiger partial charge in [0.25, 0.3) is 5.91 Å². The molecule has 0 spiro atoms. The highest BCUT2D eigenvalue weighted by atomic mass is 16.5. The average Bonchev–Trinajstić information content (AvgIpc) is 2.76. The smallest absolute Gasteiger partial charge is 0.274 e. The van der Waals surface area contributed by atoms with Crippen LogP contribution in [0, 0.1) is 5.92 Å². The Labute approximate surface area is 131 Å². The van der Waals surface area contributed by atoms with Crippen molar-refractivity contribution >= 4 is 5.91 Å². The van der Waals surface area contributed by atoms with Gasteiger partial charge in [-0.15, -0.1) is 0 Å². The Kier molecular flexibility index (Phi) is 4.87. The Hall–Kier alpha value is -1.69. The van der Waals surface area contributed by atoms with E-state index in [0.717, 1.165) is 38.5 Å². The fourth-order valence-corrected chi connectivity index (χ4v) is 3.11. The van der Waals surface area contributed by atoms with Gasteiger partial charge >= 0.3 is 0 Å². The number of carbonyl (C=O) groups is 1. The maximum atomic E-state index is 12.6. The molecule has 0 bridgehead atoms. The Morgan fingerprint density at radius 1 is 1.23 bits per heavy atom. The monoisotopic (exact) mass is 304 g/mol. The minimum atomic E-state index is -0.0445. The van der Waals surface area contributed by atoms with Crippen LogP contribution in [0.3, 0.4) is 0 Å². The molecule has 1 aromatic rings. The number of amides is 1. The molecule has 6 nitrogen and oxygen atoms in total. The molecule has 0 N–H and O–H groups in total. The zero-order valence-electron chi connectivity index (χ0n) is 13.2. The molecule has 0 aromatic carbocycles. The van der Waals surface area contributed by atoms with Crippen molar-refractivity contribution in [3.8, 4) is 5.88 Å². The van der Waals surface area contributed by atoms with E-state index in [1.165, 1.54) is 45.3 Å². The zero-order chi connectivity index (χ0) is 15.4. The molecule has 120 valence electrons. The lowest BCUT2D eigenvalue weighted by molar-refractivity contribution is 0.0751. The van der Waals surface area contributed by atoms with Crippen molar-refractivity contribution in [1.29, 1.82) is 0 Å². The summed E-state index contributed by atoms with van der Waals surface area (Å²) in [5.41, 5.74) is 0.367. The number of hydrogen-bond acceptors (Lipinski definition) is 5. The van der Waals surface area contributed by atoms with Gasteiger partial charge < -0.3 is 14.5 Å². The van der Waals surface area contributed by atoms with Gasteiger partial charge in [0.05, 0.1) is 19.5 Å². The molecule has 1 aromatic heterocycles. The molecule has 1 amide bonds. The number of nitrogens with zero attached hydrogens (tertiary/aromatic N) is 4. The van der Waals surface area contributed by atoms with Gasteiger partial charge in [-0.25, -0.2) is 4.98 Å². The van der Waals surface area contributed by atoms with Gasteiger partial charge in [-0.2, -0.15) is 0 Å². The van der Waals surface area contributed by atoms with E-state index in [2.05, 4.69) is 14.9 Å². The first-order valence-electron chi connectivity index (χ1n) is 8.14. The molecule has 1 saturated carbocycles. The van der Waals surface area contributed by atoms with Crippen LogP contribution in [0.1, 0.15) is 36.2 Å². The van der Waals surface area contributed by atoms with E-state index in [4.69, 9.17) is 4.74 Å². The molecule has 2 heterocycles. The number of carbonyl (C=O) groups excluding carboxylic acids is 1. The van der Waals surface area contributed by atoms with E-state index >= 15 is 0 Å². The number of ether oxygens (including phenoxy) is 1. The minimum absolute atomic E-state index is 0.0445. The van der Waals surface area contributed by atoms with Crippen LogP contribution in [0.4, 0.5) is 0 Å². The number of methoxy groups -OCH3 is 1. The molecule has 1 saturated heterocycles. The summed E-state index contributed by atoms with van der Waals surface area (Å²) in [4.78, 5) is 25.2. The Balaban J connectivity index is 1.58. The third-order valence-electron chi connectivity index (χ3n) is 4.66. The first kappa shape index (κ1) is 15.2. The van der Waals surface area contributed by atoms with Gasteiger partial charge in [-0.3, -0.25) is 9.78 Å². The van der Waals surface area contributed by atoms with Crippen LogP contribution in [0.25, 0.3) is 0 Å². The number of aromatic nitrogens is 2. The average molecular weight is 304 g/mol. The van der Waals surface area contributed by atoms with Crippen molar-refractivity contribution in [2.45, 2.75) is 25.7 Å². The highest BCUT2D eigenvalue weighted by Crippen LogP contribution is 2.27. The molecule has 0 radical (unpaired) electrons. The van der Waals surface area contributed by atoms with E-state index in [9.17, 15) is 4.79 Å². The molecule has 0 unspecified atom stereocenters. The molecule has 2 aliphatic rings. The van der Waals surface area contributed by atoms with Gasteiger partial charge in [0, 0.05) is 26.2 Å². The van der Waals surface area contributed by atoms with Gasteiger partial charge in [0.1, 0.15) is 0 Å². The molecule has 3 rings (SSSR count). The standard InChI is InChI=1S/C16H24N4O2/c1-22-15-11-17-10-14(18-15)16(21)20-7-3-6-19(8-9-20)12-13-4-2-5-13/h10-11,13H,2-9,12H2,1H3. The second kappa shape index (κ2) is 7.05. The van der Waals surface area contributed by atoms with Crippen LogP contribution >= 0.6 is 0 Å². The zero-order valence-corrected chi connectivity index (χ0v) is 13.2. The Bertz CT molecular complexity index is 519. The lowest BCUT2D eigenvalue weighted by atomic mass is 9.85.